The first-order chi connectivity index (χ1) is 6.69. The van der Waals surface area contributed by atoms with Crippen molar-refractivity contribution in [3.63, 3.8) is 0 Å². The van der Waals surface area contributed by atoms with Gasteiger partial charge in [0, 0.05) is 7.05 Å². The number of nitrogens with zero attached hydrogens (tertiary/aromatic N) is 2. The summed E-state index contributed by atoms with van der Waals surface area (Å²) in [5, 5.41) is 1.25. The number of carbonyl (C=O) groups is 2. The molecule has 1 saturated heterocycles. The van der Waals surface area contributed by atoms with Gasteiger partial charge in [-0.25, -0.2) is 5.06 Å². The normalized spacial score (nSPS) is 22.0. The third-order valence-corrected chi connectivity index (χ3v) is 2.54. The van der Waals surface area contributed by atoms with Gasteiger partial charge in [-0.2, -0.15) is 0 Å². The van der Waals surface area contributed by atoms with Crippen molar-refractivity contribution >= 4 is 19.5 Å². The van der Waals surface area contributed by atoms with E-state index in [4.69, 9.17) is 4.84 Å². The molecule has 0 saturated carbocycles. The number of hydrogen-bond acceptors (Lipinski definition) is 4. The number of hydroxylamine groups is 2. The average molecular weight is 198 g/mol. The van der Waals surface area contributed by atoms with Crippen LogP contribution >= 0.6 is 0 Å². The van der Waals surface area contributed by atoms with Gasteiger partial charge >= 0.3 is 0 Å². The first-order valence-electron chi connectivity index (χ1n) is 4.66. The van der Waals surface area contributed by atoms with Crippen LogP contribution in [0.3, 0.4) is 0 Å². The topological polar surface area (TPSA) is 49.9 Å². The van der Waals surface area contributed by atoms with Gasteiger partial charge in [-0.3, -0.25) is 9.63 Å². The molecule has 1 rings (SSSR count). The van der Waals surface area contributed by atoms with Crippen molar-refractivity contribution in [2.45, 2.75) is 6.42 Å². The Morgan fingerprint density at radius 3 is 3.00 bits per heavy atom. The summed E-state index contributed by atoms with van der Waals surface area (Å²) in [7, 11) is 3.49. The quantitative estimate of drug-likeness (QED) is 0.326. The van der Waals surface area contributed by atoms with E-state index in [1.807, 2.05) is 4.81 Å². The highest BCUT2D eigenvalue weighted by atomic mass is 16.7. The largest absolute Gasteiger partial charge is 0.338 e. The fraction of sp³-hybridized carbons (Fsp3) is 0.750. The van der Waals surface area contributed by atoms with E-state index in [1.165, 1.54) is 12.2 Å². The predicted molar refractivity (Wildman–Crippen MR) is 53.4 cm³/mol. The van der Waals surface area contributed by atoms with Gasteiger partial charge in [-0.1, -0.05) is 0 Å². The Kier molecular flexibility index (Phi) is 4.09. The summed E-state index contributed by atoms with van der Waals surface area (Å²) in [6.45, 7) is 1.47. The van der Waals surface area contributed by atoms with Crippen LogP contribution in [0.25, 0.3) is 0 Å². The predicted octanol–water partition coefficient (Wildman–Crippen LogP) is -1.13. The minimum absolute atomic E-state index is 0.0131. The van der Waals surface area contributed by atoms with Crippen LogP contribution in [0.5, 0.6) is 0 Å². The zero-order valence-electron chi connectivity index (χ0n) is 8.60. The fourth-order valence-electron chi connectivity index (χ4n) is 1.65. The summed E-state index contributed by atoms with van der Waals surface area (Å²) in [6, 6.07) is 0. The van der Waals surface area contributed by atoms with Gasteiger partial charge < -0.3 is 9.61 Å². The molecule has 5 nitrogen and oxygen atoms in total. The second-order valence-electron chi connectivity index (χ2n) is 3.43. The Balaban J connectivity index is 2.41. The molecule has 0 spiro atoms. The van der Waals surface area contributed by atoms with Gasteiger partial charge in [0.05, 0.1) is 19.2 Å². The minimum atomic E-state index is -0.0279. The highest BCUT2D eigenvalue weighted by molar-refractivity contribution is 6.64. The molecular formula is C8H15BN2O3. The number of carbonyl (C=O) groups excluding carboxylic acids is 2. The number of rotatable bonds is 4. The van der Waals surface area contributed by atoms with Gasteiger partial charge in [0.2, 0.25) is 5.91 Å². The zero-order valence-corrected chi connectivity index (χ0v) is 8.60. The van der Waals surface area contributed by atoms with Crippen molar-refractivity contribution in [3.05, 3.63) is 0 Å². The molecule has 1 aliphatic rings. The summed E-state index contributed by atoms with van der Waals surface area (Å²) in [5.41, 5.74) is 0. The summed E-state index contributed by atoms with van der Waals surface area (Å²) < 4.78 is 0. The lowest BCUT2D eigenvalue weighted by molar-refractivity contribution is -0.172. The van der Waals surface area contributed by atoms with Crippen LogP contribution in [0.1, 0.15) is 6.42 Å². The van der Waals surface area contributed by atoms with Gasteiger partial charge in [0.1, 0.15) is 0 Å². The zero-order chi connectivity index (χ0) is 10.6. The first-order valence-corrected chi connectivity index (χ1v) is 4.66. The van der Waals surface area contributed by atoms with E-state index in [2.05, 4.69) is 0 Å². The van der Waals surface area contributed by atoms with Gasteiger partial charge in [0.15, 0.2) is 0 Å². The SMILES string of the molecule is CON(C)C(=O)C1CCN(BC=O)C1. The van der Waals surface area contributed by atoms with Gasteiger partial charge in [-0.15, -0.1) is 0 Å². The fourth-order valence-corrected chi connectivity index (χ4v) is 1.65. The Hall–Kier alpha value is -0.875. The summed E-state index contributed by atoms with van der Waals surface area (Å²) in [4.78, 5) is 28.7. The van der Waals surface area contributed by atoms with E-state index in [0.717, 1.165) is 19.2 Å². The molecule has 0 bridgehead atoms. The third-order valence-electron chi connectivity index (χ3n) is 2.54. The molecule has 6 heteroatoms. The lowest BCUT2D eigenvalue weighted by Crippen LogP contribution is -2.34. The van der Waals surface area contributed by atoms with Crippen LogP contribution in [-0.2, 0) is 14.4 Å². The highest BCUT2D eigenvalue weighted by Crippen LogP contribution is 2.16. The molecule has 0 N–H and O–H groups in total. The Labute approximate surface area is 84.2 Å². The summed E-state index contributed by atoms with van der Waals surface area (Å²) in [5.74, 6) is -0.0409. The Morgan fingerprint density at radius 1 is 1.71 bits per heavy atom. The second-order valence-corrected chi connectivity index (χ2v) is 3.43. The van der Waals surface area contributed by atoms with Crippen molar-refractivity contribution < 1.29 is 14.4 Å². The molecule has 1 heterocycles. The maximum atomic E-state index is 11.6. The molecule has 1 unspecified atom stereocenters. The molecule has 1 amide bonds. The van der Waals surface area contributed by atoms with Crippen molar-refractivity contribution in [1.82, 2.24) is 9.87 Å². The molecule has 78 valence electrons. The smallest absolute Gasteiger partial charge is 0.281 e. The maximum absolute atomic E-state index is 11.6. The molecule has 1 atom stereocenters. The van der Waals surface area contributed by atoms with E-state index in [0.29, 0.717) is 14.0 Å². The van der Waals surface area contributed by atoms with E-state index in [-0.39, 0.29) is 11.8 Å². The van der Waals surface area contributed by atoms with Crippen LogP contribution in [0, 0.1) is 5.92 Å². The van der Waals surface area contributed by atoms with E-state index in [9.17, 15) is 9.59 Å². The molecule has 0 aromatic heterocycles. The number of amides is 1. The molecule has 1 fully saturated rings. The Bertz CT molecular complexity index is 225. The lowest BCUT2D eigenvalue weighted by atomic mass is 9.95. The molecule has 14 heavy (non-hydrogen) atoms. The maximum Gasteiger partial charge on any atom is 0.281 e. The van der Waals surface area contributed by atoms with Crippen LogP contribution in [0.2, 0.25) is 0 Å². The standard InChI is InChI=1S/C8H15BN2O3/c1-10(14-2)8(13)7-3-4-11(5-7)9-6-12/h6-7,9H,3-5H2,1-2H3. The number of hydrogen-bond donors (Lipinski definition) is 0. The van der Waals surface area contributed by atoms with Crippen molar-refractivity contribution in [1.29, 1.82) is 0 Å². The molecule has 1 aliphatic heterocycles. The average Bonchev–Trinajstić information content (AvgIpc) is 2.64. The monoisotopic (exact) mass is 198 g/mol. The minimum Gasteiger partial charge on any atom is -0.338 e. The second kappa shape index (κ2) is 5.12. The van der Waals surface area contributed by atoms with Crippen LogP contribution in [0.4, 0.5) is 0 Å². The van der Waals surface area contributed by atoms with Crippen molar-refractivity contribution in [3.8, 4) is 0 Å². The molecule has 0 aromatic carbocycles. The Morgan fingerprint density at radius 2 is 2.43 bits per heavy atom. The van der Waals surface area contributed by atoms with Crippen LogP contribution in [0.15, 0.2) is 0 Å². The molecule has 0 aliphatic carbocycles. The van der Waals surface area contributed by atoms with E-state index in [1.54, 1.807) is 7.05 Å². The lowest BCUT2D eigenvalue weighted by Gasteiger charge is -2.18. The first kappa shape index (κ1) is 11.2. The van der Waals surface area contributed by atoms with Gasteiger partial charge in [-0.05, 0) is 19.5 Å². The summed E-state index contributed by atoms with van der Waals surface area (Å²) >= 11 is 0. The van der Waals surface area contributed by atoms with Crippen LogP contribution in [-0.4, -0.2) is 56.6 Å². The van der Waals surface area contributed by atoms with E-state index >= 15 is 0 Å². The van der Waals surface area contributed by atoms with Crippen molar-refractivity contribution in [2.75, 3.05) is 27.2 Å². The van der Waals surface area contributed by atoms with Crippen molar-refractivity contribution in [2.24, 2.45) is 5.92 Å². The van der Waals surface area contributed by atoms with Crippen LogP contribution < -0.4 is 0 Å². The van der Waals surface area contributed by atoms with E-state index < -0.39 is 0 Å². The molecule has 0 radical (unpaired) electrons. The highest BCUT2D eigenvalue weighted by Gasteiger charge is 2.30. The third kappa shape index (κ3) is 2.56. The summed E-state index contributed by atoms with van der Waals surface area (Å²) in [6.07, 6.45) is 1.67. The molecular weight excluding hydrogens is 183 g/mol. The van der Waals surface area contributed by atoms with Gasteiger partial charge in [0.25, 0.3) is 7.41 Å². The molecule has 0 aromatic rings.